The van der Waals surface area contributed by atoms with Gasteiger partial charge < -0.3 is 10.1 Å². The zero-order valence-electron chi connectivity index (χ0n) is 10.6. The van der Waals surface area contributed by atoms with E-state index in [2.05, 4.69) is 39.9 Å². The number of nitrogens with zero attached hydrogens (tertiary/aromatic N) is 1. The number of pyridine rings is 1. The zero-order valence-corrected chi connectivity index (χ0v) is 11.4. The second-order valence-corrected chi connectivity index (χ2v) is 5.15. The average Bonchev–Trinajstić information content (AvgIpc) is 2.93. The molecule has 0 atom stereocenters. The normalized spacial score (nSPS) is 10.6. The molecule has 2 aromatic heterocycles. The van der Waals surface area contributed by atoms with Crippen molar-refractivity contribution in [2.24, 2.45) is 0 Å². The van der Waals surface area contributed by atoms with Gasteiger partial charge in [-0.3, -0.25) is 0 Å². The van der Waals surface area contributed by atoms with E-state index in [0.717, 1.165) is 11.4 Å². The summed E-state index contributed by atoms with van der Waals surface area (Å²) in [4.78, 5) is 4.38. The smallest absolute Gasteiger partial charge is 0.213 e. The number of ether oxygens (including phenoxy) is 1. The predicted molar refractivity (Wildman–Crippen MR) is 79.9 cm³/mol. The van der Waals surface area contributed by atoms with Gasteiger partial charge in [0.15, 0.2) is 0 Å². The summed E-state index contributed by atoms with van der Waals surface area (Å²) in [5.41, 5.74) is 2.07. The van der Waals surface area contributed by atoms with Gasteiger partial charge in [-0.15, -0.1) is 11.3 Å². The minimum absolute atomic E-state index is 0.646. The van der Waals surface area contributed by atoms with Crippen LogP contribution in [0.2, 0.25) is 0 Å². The van der Waals surface area contributed by atoms with Crippen LogP contribution in [0.25, 0.3) is 10.1 Å². The van der Waals surface area contributed by atoms with E-state index >= 15 is 0 Å². The van der Waals surface area contributed by atoms with Crippen LogP contribution >= 0.6 is 11.3 Å². The lowest BCUT2D eigenvalue weighted by atomic mass is 10.2. The fourth-order valence-electron chi connectivity index (χ4n) is 1.94. The van der Waals surface area contributed by atoms with Crippen LogP contribution in [-0.2, 0) is 6.54 Å². The standard InChI is InChI=1S/C15H14N2OS/c1-18-15-4-2-3-13(17-15)10-16-12-5-6-14-11(9-12)7-8-19-14/h2-9,16H,10H2,1H3. The Labute approximate surface area is 115 Å². The van der Waals surface area contributed by atoms with Gasteiger partial charge in [0.1, 0.15) is 0 Å². The highest BCUT2D eigenvalue weighted by Crippen LogP contribution is 2.24. The van der Waals surface area contributed by atoms with Crippen LogP contribution < -0.4 is 10.1 Å². The highest BCUT2D eigenvalue weighted by atomic mass is 32.1. The Morgan fingerprint density at radius 3 is 3.05 bits per heavy atom. The number of anilines is 1. The first-order chi connectivity index (χ1) is 9.35. The molecule has 0 saturated carbocycles. The number of fused-ring (bicyclic) bond motifs is 1. The van der Waals surface area contributed by atoms with Crippen LogP contribution in [0.1, 0.15) is 5.69 Å². The Balaban J connectivity index is 1.74. The Kier molecular flexibility index (Phi) is 3.33. The number of aromatic nitrogens is 1. The van der Waals surface area contributed by atoms with Gasteiger partial charge in [-0.25, -0.2) is 4.98 Å². The highest BCUT2D eigenvalue weighted by molar-refractivity contribution is 7.17. The van der Waals surface area contributed by atoms with E-state index in [0.29, 0.717) is 12.4 Å². The number of hydrogen-bond donors (Lipinski definition) is 1. The van der Waals surface area contributed by atoms with E-state index in [-0.39, 0.29) is 0 Å². The lowest BCUT2D eigenvalue weighted by molar-refractivity contribution is 0.396. The predicted octanol–water partition coefficient (Wildman–Crippen LogP) is 3.92. The van der Waals surface area contributed by atoms with E-state index < -0.39 is 0 Å². The lowest BCUT2D eigenvalue weighted by Crippen LogP contribution is -2.02. The molecule has 0 fully saturated rings. The van der Waals surface area contributed by atoms with Gasteiger partial charge >= 0.3 is 0 Å². The van der Waals surface area contributed by atoms with Crippen molar-refractivity contribution in [2.45, 2.75) is 6.54 Å². The molecule has 3 rings (SSSR count). The molecule has 0 aliphatic rings. The quantitative estimate of drug-likeness (QED) is 0.780. The number of rotatable bonds is 4. The van der Waals surface area contributed by atoms with Gasteiger partial charge in [0.05, 0.1) is 19.3 Å². The van der Waals surface area contributed by atoms with E-state index in [4.69, 9.17) is 4.74 Å². The minimum Gasteiger partial charge on any atom is -0.481 e. The number of benzene rings is 1. The second-order valence-electron chi connectivity index (χ2n) is 4.20. The number of nitrogens with one attached hydrogen (secondary N) is 1. The first-order valence-electron chi connectivity index (χ1n) is 6.06. The number of hydrogen-bond acceptors (Lipinski definition) is 4. The SMILES string of the molecule is COc1cccc(CNc2ccc3sccc3c2)n1. The van der Waals surface area contributed by atoms with Crippen molar-refractivity contribution in [3.63, 3.8) is 0 Å². The monoisotopic (exact) mass is 270 g/mol. The van der Waals surface area contributed by atoms with Gasteiger partial charge in [-0.1, -0.05) is 6.07 Å². The van der Waals surface area contributed by atoms with Crippen molar-refractivity contribution >= 4 is 27.1 Å². The molecule has 0 bridgehead atoms. The topological polar surface area (TPSA) is 34.1 Å². The van der Waals surface area contributed by atoms with Crippen molar-refractivity contribution in [2.75, 3.05) is 12.4 Å². The van der Waals surface area contributed by atoms with E-state index in [1.165, 1.54) is 10.1 Å². The van der Waals surface area contributed by atoms with Crippen LogP contribution in [0, 0.1) is 0 Å². The molecular weight excluding hydrogens is 256 g/mol. The Bertz CT molecular complexity index is 693. The fraction of sp³-hybridized carbons (Fsp3) is 0.133. The molecule has 96 valence electrons. The summed E-state index contributed by atoms with van der Waals surface area (Å²) >= 11 is 1.76. The van der Waals surface area contributed by atoms with Crippen LogP contribution in [0.4, 0.5) is 5.69 Å². The maximum Gasteiger partial charge on any atom is 0.213 e. The van der Waals surface area contributed by atoms with Gasteiger partial charge in [-0.05, 0) is 41.1 Å². The molecule has 19 heavy (non-hydrogen) atoms. The minimum atomic E-state index is 0.646. The summed E-state index contributed by atoms with van der Waals surface area (Å²) in [6, 6.07) is 14.3. The molecule has 0 unspecified atom stereocenters. The van der Waals surface area contributed by atoms with Gasteiger partial charge in [0, 0.05) is 16.5 Å². The van der Waals surface area contributed by atoms with Crippen molar-refractivity contribution < 1.29 is 4.74 Å². The number of thiophene rings is 1. The summed E-state index contributed by atoms with van der Waals surface area (Å²) in [5.74, 6) is 0.646. The van der Waals surface area contributed by atoms with Crippen molar-refractivity contribution in [1.29, 1.82) is 0 Å². The molecule has 0 aliphatic heterocycles. The highest BCUT2D eigenvalue weighted by Gasteiger charge is 2.00. The Hall–Kier alpha value is -2.07. The fourth-order valence-corrected chi connectivity index (χ4v) is 2.71. The second kappa shape index (κ2) is 5.28. The summed E-state index contributed by atoms with van der Waals surface area (Å²) in [6.07, 6.45) is 0. The van der Waals surface area contributed by atoms with E-state index in [9.17, 15) is 0 Å². The first kappa shape index (κ1) is 12.0. The summed E-state index contributed by atoms with van der Waals surface area (Å²) in [7, 11) is 1.63. The third-order valence-corrected chi connectivity index (χ3v) is 3.81. The molecule has 0 aliphatic carbocycles. The molecule has 2 heterocycles. The molecule has 0 amide bonds. The molecular formula is C15H14N2OS. The summed E-state index contributed by atoms with van der Waals surface area (Å²) in [5, 5.41) is 6.76. The Morgan fingerprint density at radius 2 is 2.16 bits per heavy atom. The largest absolute Gasteiger partial charge is 0.481 e. The average molecular weight is 270 g/mol. The molecule has 0 spiro atoms. The molecule has 0 radical (unpaired) electrons. The Morgan fingerprint density at radius 1 is 1.21 bits per heavy atom. The third-order valence-electron chi connectivity index (χ3n) is 2.92. The molecule has 0 saturated heterocycles. The van der Waals surface area contributed by atoms with Gasteiger partial charge in [0.2, 0.25) is 5.88 Å². The first-order valence-corrected chi connectivity index (χ1v) is 6.94. The number of methoxy groups -OCH3 is 1. The van der Waals surface area contributed by atoms with Crippen molar-refractivity contribution in [3.05, 3.63) is 53.5 Å². The summed E-state index contributed by atoms with van der Waals surface area (Å²) < 4.78 is 6.43. The molecule has 1 aromatic carbocycles. The maximum absolute atomic E-state index is 5.12. The van der Waals surface area contributed by atoms with Crippen LogP contribution in [0.15, 0.2) is 47.8 Å². The van der Waals surface area contributed by atoms with Crippen molar-refractivity contribution in [3.8, 4) is 5.88 Å². The molecule has 1 N–H and O–H groups in total. The van der Waals surface area contributed by atoms with Crippen LogP contribution in [-0.4, -0.2) is 12.1 Å². The molecule has 3 aromatic rings. The van der Waals surface area contributed by atoms with E-state index in [1.807, 2.05) is 18.2 Å². The van der Waals surface area contributed by atoms with Gasteiger partial charge in [0.25, 0.3) is 0 Å². The van der Waals surface area contributed by atoms with Crippen molar-refractivity contribution in [1.82, 2.24) is 4.98 Å². The third kappa shape index (κ3) is 2.69. The summed E-state index contributed by atoms with van der Waals surface area (Å²) in [6.45, 7) is 0.687. The molecule has 4 heteroatoms. The molecule has 3 nitrogen and oxygen atoms in total. The van der Waals surface area contributed by atoms with Crippen LogP contribution in [0.5, 0.6) is 5.88 Å². The van der Waals surface area contributed by atoms with Gasteiger partial charge in [-0.2, -0.15) is 0 Å². The van der Waals surface area contributed by atoms with Crippen LogP contribution in [0.3, 0.4) is 0 Å². The van der Waals surface area contributed by atoms with E-state index in [1.54, 1.807) is 18.4 Å². The zero-order chi connectivity index (χ0) is 13.1. The lowest BCUT2D eigenvalue weighted by Gasteiger charge is -2.07. The maximum atomic E-state index is 5.12.